The van der Waals surface area contributed by atoms with E-state index in [2.05, 4.69) is 4.79 Å². The van der Waals surface area contributed by atoms with Crippen LogP contribution in [0.4, 0.5) is 0 Å². The van der Waals surface area contributed by atoms with Gasteiger partial charge in [-0.3, -0.25) is 9.59 Å². The molecule has 0 heterocycles. The minimum absolute atomic E-state index is 0.0163. The largest absolute Gasteiger partial charge is 0.481 e. The topological polar surface area (TPSA) is 92.3 Å². The van der Waals surface area contributed by atoms with Crippen LogP contribution in [0, 0.1) is 5.53 Å². The molecule has 11 heavy (non-hydrogen) atoms. The van der Waals surface area contributed by atoms with E-state index >= 15 is 0 Å². The molecule has 0 amide bonds. The molecule has 0 aromatic rings. The molecule has 0 fully saturated rings. The summed E-state index contributed by atoms with van der Waals surface area (Å²) in [5, 5.41) is 8.17. The van der Waals surface area contributed by atoms with Crippen LogP contribution in [0.1, 0.15) is 19.3 Å². The van der Waals surface area contributed by atoms with Gasteiger partial charge in [0.15, 0.2) is 0 Å². The first kappa shape index (κ1) is 9.52. The van der Waals surface area contributed by atoms with Gasteiger partial charge in [0.05, 0.1) is 10.3 Å². The minimum atomic E-state index is -0.916. The Morgan fingerprint density at radius 3 is 2.55 bits per heavy atom. The molecule has 60 valence electrons. The number of rotatable bonds is 5. The van der Waals surface area contributed by atoms with Crippen molar-refractivity contribution in [2.24, 2.45) is 0 Å². The van der Waals surface area contributed by atoms with Crippen LogP contribution in [-0.4, -0.2) is 27.9 Å². The van der Waals surface area contributed by atoms with Crippen molar-refractivity contribution in [3.8, 4) is 0 Å². The zero-order chi connectivity index (χ0) is 8.69. The first-order valence-corrected chi connectivity index (χ1v) is 3.11. The summed E-state index contributed by atoms with van der Waals surface area (Å²) in [6.45, 7) is 0. The molecule has 5 heteroatoms. The van der Waals surface area contributed by atoms with E-state index in [0.717, 1.165) is 6.21 Å². The maximum Gasteiger partial charge on any atom is 0.372 e. The summed E-state index contributed by atoms with van der Waals surface area (Å²) in [6, 6.07) is 0. The Labute approximate surface area is 63.3 Å². The standard InChI is InChI=1S/C6H8N2O3/c7-8-4-5(9)2-1-3-6(10)11/h4,7H,1-3H2/p+1. The predicted octanol–water partition coefficient (Wildman–Crippen LogP) is 0.120. The predicted molar refractivity (Wildman–Crippen MR) is 35.5 cm³/mol. The second-order valence-electron chi connectivity index (χ2n) is 1.97. The molecule has 0 atom stereocenters. The van der Waals surface area contributed by atoms with Gasteiger partial charge in [0, 0.05) is 12.8 Å². The van der Waals surface area contributed by atoms with Crippen molar-refractivity contribution in [3.63, 3.8) is 0 Å². The number of nitrogens with one attached hydrogen (secondary N) is 1. The molecule has 0 spiro atoms. The lowest BCUT2D eigenvalue weighted by Gasteiger charge is -1.88. The molecule has 0 unspecified atom stereocenters. The van der Waals surface area contributed by atoms with Gasteiger partial charge in [0.25, 0.3) is 0 Å². The van der Waals surface area contributed by atoms with E-state index in [1.807, 2.05) is 0 Å². The maximum atomic E-state index is 10.6. The molecular formula is C6H9N2O3+. The second kappa shape index (κ2) is 5.32. The fraction of sp³-hybridized carbons (Fsp3) is 0.500. The minimum Gasteiger partial charge on any atom is -0.481 e. The SMILES string of the molecule is N=[N+]=CC(=O)CCCC(=O)O. The lowest BCUT2D eigenvalue weighted by atomic mass is 10.2. The fourth-order valence-electron chi connectivity index (χ4n) is 0.550. The van der Waals surface area contributed by atoms with E-state index < -0.39 is 5.97 Å². The van der Waals surface area contributed by atoms with Gasteiger partial charge >= 0.3 is 12.2 Å². The summed E-state index contributed by atoms with van der Waals surface area (Å²) in [5.41, 5.74) is 6.29. The van der Waals surface area contributed by atoms with E-state index in [4.69, 9.17) is 10.6 Å². The molecule has 0 saturated carbocycles. The van der Waals surface area contributed by atoms with Gasteiger partial charge < -0.3 is 5.11 Å². The van der Waals surface area contributed by atoms with Crippen LogP contribution >= 0.6 is 0 Å². The molecule has 5 nitrogen and oxygen atoms in total. The highest BCUT2D eigenvalue weighted by Crippen LogP contribution is 1.94. The number of hydrogen-bond acceptors (Lipinski definition) is 3. The van der Waals surface area contributed by atoms with Crippen LogP contribution < -0.4 is 0 Å². The van der Waals surface area contributed by atoms with E-state index in [1.54, 1.807) is 0 Å². The van der Waals surface area contributed by atoms with Crippen molar-refractivity contribution in [2.45, 2.75) is 19.3 Å². The van der Waals surface area contributed by atoms with Crippen molar-refractivity contribution < 1.29 is 19.5 Å². The van der Waals surface area contributed by atoms with Gasteiger partial charge in [-0.1, -0.05) is 0 Å². The number of aliphatic carboxylic acids is 1. The fourth-order valence-corrected chi connectivity index (χ4v) is 0.550. The number of hydrogen-bond donors (Lipinski definition) is 2. The normalized spacial score (nSPS) is 8.36. The quantitative estimate of drug-likeness (QED) is 0.337. The number of carbonyl (C=O) groups excluding carboxylic acids is 1. The molecule has 0 radical (unpaired) electrons. The Kier molecular flexibility index (Phi) is 4.60. The van der Waals surface area contributed by atoms with Gasteiger partial charge in [-0.2, -0.15) is 0 Å². The molecule has 0 aromatic heterocycles. The van der Waals surface area contributed by atoms with Gasteiger partial charge in [-0.15, -0.1) is 0 Å². The molecule has 0 rings (SSSR count). The summed E-state index contributed by atoms with van der Waals surface area (Å²) in [7, 11) is 0. The Morgan fingerprint density at radius 1 is 1.45 bits per heavy atom. The van der Waals surface area contributed by atoms with Crippen molar-refractivity contribution in [1.82, 2.24) is 0 Å². The number of carboxylic acid groups (broad SMARTS) is 1. The molecule has 0 aliphatic rings. The van der Waals surface area contributed by atoms with Gasteiger partial charge in [0.1, 0.15) is 0 Å². The maximum absolute atomic E-state index is 10.6. The zero-order valence-corrected chi connectivity index (χ0v) is 5.91. The van der Waals surface area contributed by atoms with Crippen LogP contribution in [0.2, 0.25) is 0 Å². The zero-order valence-electron chi connectivity index (χ0n) is 5.91. The molecular weight excluding hydrogens is 148 g/mol. The Bertz CT molecular complexity index is 206. The van der Waals surface area contributed by atoms with Crippen molar-refractivity contribution in [2.75, 3.05) is 0 Å². The average Bonchev–Trinajstić information content (AvgIpc) is 1.87. The first-order chi connectivity index (χ1) is 5.16. The monoisotopic (exact) mass is 157 g/mol. The van der Waals surface area contributed by atoms with Crippen molar-refractivity contribution in [3.05, 3.63) is 0 Å². The summed E-state index contributed by atoms with van der Waals surface area (Å²) >= 11 is 0. The van der Waals surface area contributed by atoms with Gasteiger partial charge in [-0.05, 0) is 6.42 Å². The Hall–Kier alpha value is -1.48. The molecule has 0 aromatic carbocycles. The van der Waals surface area contributed by atoms with Gasteiger partial charge in [0.2, 0.25) is 5.78 Å². The lowest BCUT2D eigenvalue weighted by molar-refractivity contribution is -0.137. The summed E-state index contributed by atoms with van der Waals surface area (Å²) in [5.74, 6) is -1.22. The van der Waals surface area contributed by atoms with E-state index in [0.29, 0.717) is 6.42 Å². The summed E-state index contributed by atoms with van der Waals surface area (Å²) in [6.07, 6.45) is 1.31. The number of carbonyl (C=O) groups is 2. The van der Waals surface area contributed by atoms with Gasteiger partial charge in [-0.25, -0.2) is 0 Å². The van der Waals surface area contributed by atoms with Crippen LogP contribution in [-0.2, 0) is 9.59 Å². The third-order valence-electron chi connectivity index (χ3n) is 1.02. The smallest absolute Gasteiger partial charge is 0.372 e. The average molecular weight is 157 g/mol. The van der Waals surface area contributed by atoms with E-state index in [1.165, 1.54) is 0 Å². The van der Waals surface area contributed by atoms with Crippen molar-refractivity contribution in [1.29, 1.82) is 5.53 Å². The Morgan fingerprint density at radius 2 is 2.09 bits per heavy atom. The number of carboxylic acids is 1. The third-order valence-corrected chi connectivity index (χ3v) is 1.02. The third kappa shape index (κ3) is 6.40. The number of ketones is 1. The molecule has 0 saturated heterocycles. The summed E-state index contributed by atoms with van der Waals surface area (Å²) in [4.78, 5) is 23.3. The molecule has 0 aliphatic carbocycles. The molecule has 0 aliphatic heterocycles. The van der Waals surface area contributed by atoms with Crippen molar-refractivity contribution >= 4 is 18.0 Å². The lowest BCUT2D eigenvalue weighted by Crippen LogP contribution is -2.02. The van der Waals surface area contributed by atoms with Crippen LogP contribution in [0.5, 0.6) is 0 Å². The molecule has 2 N–H and O–H groups in total. The highest BCUT2D eigenvalue weighted by Gasteiger charge is 2.04. The summed E-state index contributed by atoms with van der Waals surface area (Å²) < 4.78 is 0. The van der Waals surface area contributed by atoms with Crippen LogP contribution in [0.25, 0.3) is 0 Å². The highest BCUT2D eigenvalue weighted by molar-refractivity contribution is 6.25. The van der Waals surface area contributed by atoms with Crippen LogP contribution in [0.3, 0.4) is 0 Å². The van der Waals surface area contributed by atoms with Crippen LogP contribution in [0.15, 0.2) is 0 Å². The highest BCUT2D eigenvalue weighted by atomic mass is 16.4. The molecule has 0 bridgehead atoms. The second-order valence-corrected chi connectivity index (χ2v) is 1.97. The van der Waals surface area contributed by atoms with E-state index in [-0.39, 0.29) is 18.6 Å². The number of nitrogens with zero attached hydrogens (tertiary/aromatic N) is 1. The Balaban J connectivity index is 3.47. The van der Waals surface area contributed by atoms with E-state index in [9.17, 15) is 9.59 Å². The number of Topliss-reactive ketones (excluding diaryl/α,β-unsaturated/α-hetero) is 1. The first-order valence-electron chi connectivity index (χ1n) is 3.11.